The van der Waals surface area contributed by atoms with Crippen LogP contribution in [0.15, 0.2) is 59.4 Å². The van der Waals surface area contributed by atoms with Crippen molar-refractivity contribution < 1.29 is 53.2 Å². The number of benzene rings is 2. The number of nitrogens with zero attached hydrogens (tertiary/aromatic N) is 2. The molecule has 12 heteroatoms. The quantitative estimate of drug-likeness (QED) is 0.258. The molecule has 0 amide bonds. The first-order valence-electron chi connectivity index (χ1n) is 8.63. The van der Waals surface area contributed by atoms with Gasteiger partial charge in [-0.1, -0.05) is 12.1 Å². The van der Waals surface area contributed by atoms with Crippen LogP contribution >= 0.6 is 11.3 Å². The van der Waals surface area contributed by atoms with Gasteiger partial charge in [-0.2, -0.15) is 0 Å². The molecule has 0 aliphatic carbocycles. The van der Waals surface area contributed by atoms with Gasteiger partial charge in [-0.15, -0.1) is 11.3 Å². The van der Waals surface area contributed by atoms with Gasteiger partial charge in [0.1, 0.15) is 22.2 Å². The molecule has 0 unspecified atom stereocenters. The van der Waals surface area contributed by atoms with Crippen molar-refractivity contribution in [2.75, 3.05) is 5.32 Å². The second-order valence-electron chi connectivity index (χ2n) is 6.31. The zero-order valence-electron chi connectivity index (χ0n) is 16.3. The Morgan fingerprint density at radius 1 is 1.09 bits per heavy atom. The number of nitro benzene ring substituents is 1. The second-order valence-corrected chi connectivity index (χ2v) is 7.31. The van der Waals surface area contributed by atoms with Crippen molar-refractivity contribution in [1.82, 2.24) is 4.57 Å². The summed E-state index contributed by atoms with van der Waals surface area (Å²) in [7, 11) is 0. The summed E-state index contributed by atoms with van der Waals surface area (Å²) in [6, 6.07) is 10.6. The Kier molecular flexibility index (Phi) is 6.74. The number of aromatic nitrogens is 1. The number of carbonyl (C=O) groups is 1. The van der Waals surface area contributed by atoms with Crippen molar-refractivity contribution in [3.63, 3.8) is 0 Å². The molecular weight excluding hydrogens is 455 g/mol. The Labute approximate surface area is 204 Å². The summed E-state index contributed by atoms with van der Waals surface area (Å²) in [5.41, 5.74) is -1.34. The van der Waals surface area contributed by atoms with E-state index in [4.69, 9.17) is 0 Å². The summed E-state index contributed by atoms with van der Waals surface area (Å²) in [6.45, 7) is 0. The van der Waals surface area contributed by atoms with Crippen LogP contribution in [-0.4, -0.2) is 15.5 Å². The number of hydrogen-bond donors (Lipinski definition) is 1. The minimum atomic E-state index is -1.60. The molecule has 1 N–H and O–H groups in total. The number of pyridine rings is 1. The monoisotopic (exact) mass is 465 g/mol. The number of carbonyl (C=O) groups excluding carboxylic acids is 1. The third kappa shape index (κ3) is 4.15. The molecule has 0 aliphatic rings. The van der Waals surface area contributed by atoms with E-state index in [1.165, 1.54) is 30.3 Å². The van der Waals surface area contributed by atoms with Gasteiger partial charge < -0.3 is 15.2 Å². The van der Waals surface area contributed by atoms with E-state index in [0.29, 0.717) is 17.4 Å². The first kappa shape index (κ1) is 23.5. The smallest absolute Gasteiger partial charge is 0.544 e. The zero-order valence-corrected chi connectivity index (χ0v) is 19.1. The van der Waals surface area contributed by atoms with E-state index in [1.54, 1.807) is 0 Å². The summed E-state index contributed by atoms with van der Waals surface area (Å²) >= 11 is 0.636. The van der Waals surface area contributed by atoms with Gasteiger partial charge in [-0.3, -0.25) is 19.5 Å². The molecule has 2 heterocycles. The Balaban J connectivity index is 0.00000289. The van der Waals surface area contributed by atoms with E-state index in [2.05, 4.69) is 5.32 Å². The molecule has 0 atom stereocenters. The standard InChI is InChI=1S/C20H11F2N3O5S.Na/c21-10-5-7-13(12(22)9-10)23-17-11-6-8-16(26)24(19(11)31-18(17)20(27)28)14-3-1-2-4-15(14)25(29)30;/h1-9,23H,(H,27,28);/q;+1/p-1. The number of thiophene rings is 1. The molecule has 0 saturated carbocycles. The minimum Gasteiger partial charge on any atom is -0.544 e. The summed E-state index contributed by atoms with van der Waals surface area (Å²) in [5.74, 6) is -3.38. The number of halogens is 2. The second kappa shape index (κ2) is 9.17. The molecule has 0 bridgehead atoms. The van der Waals surface area contributed by atoms with Gasteiger partial charge >= 0.3 is 29.6 Å². The average molecular weight is 465 g/mol. The van der Waals surface area contributed by atoms with Crippen LogP contribution in [0.5, 0.6) is 0 Å². The fourth-order valence-electron chi connectivity index (χ4n) is 3.11. The molecule has 4 aromatic rings. The Morgan fingerprint density at radius 2 is 1.81 bits per heavy atom. The van der Waals surface area contributed by atoms with Crippen LogP contribution in [0, 0.1) is 21.7 Å². The van der Waals surface area contributed by atoms with Crippen LogP contribution in [-0.2, 0) is 0 Å². The molecule has 32 heavy (non-hydrogen) atoms. The topological polar surface area (TPSA) is 117 Å². The van der Waals surface area contributed by atoms with Crippen molar-refractivity contribution in [3.05, 3.63) is 91.6 Å². The molecule has 8 nitrogen and oxygen atoms in total. The van der Waals surface area contributed by atoms with E-state index in [-0.39, 0.29) is 67.4 Å². The zero-order chi connectivity index (χ0) is 22.3. The van der Waals surface area contributed by atoms with Gasteiger partial charge in [0, 0.05) is 23.6 Å². The SMILES string of the molecule is O=C([O-])c1sc2c(ccc(=O)n2-c2ccccc2[N+](=O)[O-])c1Nc1ccc(F)cc1F.[Na+]. The molecule has 2 aromatic heterocycles. The van der Waals surface area contributed by atoms with Crippen LogP contribution in [0.2, 0.25) is 0 Å². The molecule has 4 rings (SSSR count). The molecule has 0 fully saturated rings. The molecule has 156 valence electrons. The Bertz CT molecular complexity index is 1440. The predicted molar refractivity (Wildman–Crippen MR) is 108 cm³/mol. The van der Waals surface area contributed by atoms with E-state index >= 15 is 0 Å². The summed E-state index contributed by atoms with van der Waals surface area (Å²) in [6.07, 6.45) is 0. The van der Waals surface area contributed by atoms with E-state index < -0.39 is 28.1 Å². The van der Waals surface area contributed by atoms with Crippen molar-refractivity contribution in [3.8, 4) is 5.69 Å². The number of aromatic carboxylic acids is 1. The van der Waals surface area contributed by atoms with Gasteiger partial charge in [0.25, 0.3) is 11.2 Å². The number of nitro groups is 1. The maximum absolute atomic E-state index is 14.1. The van der Waals surface area contributed by atoms with Crippen molar-refractivity contribution in [2.24, 2.45) is 0 Å². The van der Waals surface area contributed by atoms with Gasteiger partial charge in [0.15, 0.2) is 0 Å². The minimum absolute atomic E-state index is 0. The molecule has 0 saturated heterocycles. The number of hydrogen-bond acceptors (Lipinski definition) is 7. The van der Waals surface area contributed by atoms with Crippen LogP contribution in [0.1, 0.15) is 9.67 Å². The number of fused-ring (bicyclic) bond motifs is 1. The van der Waals surface area contributed by atoms with Gasteiger partial charge in [-0.05, 0) is 24.3 Å². The van der Waals surface area contributed by atoms with E-state index in [0.717, 1.165) is 22.8 Å². The van der Waals surface area contributed by atoms with Crippen molar-refractivity contribution in [1.29, 1.82) is 0 Å². The fourth-order valence-corrected chi connectivity index (χ4v) is 4.21. The summed E-state index contributed by atoms with van der Waals surface area (Å²) < 4.78 is 28.4. The van der Waals surface area contributed by atoms with Crippen LogP contribution in [0.3, 0.4) is 0 Å². The average Bonchev–Trinajstić information content (AvgIpc) is 3.08. The van der Waals surface area contributed by atoms with Gasteiger partial charge in [0.05, 0.1) is 27.1 Å². The van der Waals surface area contributed by atoms with Crippen molar-refractivity contribution >= 4 is 44.6 Å². The first-order chi connectivity index (χ1) is 14.8. The molecule has 0 aliphatic heterocycles. The Hall–Kier alpha value is -3.12. The van der Waals surface area contributed by atoms with Crippen LogP contribution in [0.25, 0.3) is 15.9 Å². The number of carboxylic acid groups (broad SMARTS) is 1. The molecule has 0 spiro atoms. The van der Waals surface area contributed by atoms with Gasteiger partial charge in [-0.25, -0.2) is 8.78 Å². The molecular formula is C20H10F2N3NaO5S. The molecule has 0 radical (unpaired) electrons. The normalized spacial score (nSPS) is 10.6. The maximum atomic E-state index is 14.1. The van der Waals surface area contributed by atoms with Crippen LogP contribution < -0.4 is 45.5 Å². The van der Waals surface area contributed by atoms with Crippen LogP contribution in [0.4, 0.5) is 25.8 Å². The predicted octanol–water partition coefficient (Wildman–Crippen LogP) is 0.350. The van der Waals surface area contributed by atoms with Gasteiger partial charge in [0.2, 0.25) is 0 Å². The van der Waals surface area contributed by atoms with Crippen molar-refractivity contribution in [2.45, 2.75) is 0 Å². The fraction of sp³-hybridized carbons (Fsp3) is 0. The number of rotatable bonds is 5. The van der Waals surface area contributed by atoms with E-state index in [9.17, 15) is 33.6 Å². The summed E-state index contributed by atoms with van der Waals surface area (Å²) in [4.78, 5) is 34.8. The summed E-state index contributed by atoms with van der Waals surface area (Å²) in [5, 5.41) is 26.0. The number of anilines is 2. The largest absolute Gasteiger partial charge is 1.00 e. The number of carboxylic acids is 1. The molecule has 2 aromatic carbocycles. The first-order valence-corrected chi connectivity index (χ1v) is 9.45. The third-order valence-corrected chi connectivity index (χ3v) is 5.61. The third-order valence-electron chi connectivity index (χ3n) is 4.44. The Morgan fingerprint density at radius 3 is 2.47 bits per heavy atom. The maximum Gasteiger partial charge on any atom is 1.00 e. The number of para-hydroxylation sites is 2. The van der Waals surface area contributed by atoms with E-state index in [1.807, 2.05) is 0 Å². The number of nitrogens with one attached hydrogen (secondary N) is 1.